The summed E-state index contributed by atoms with van der Waals surface area (Å²) in [4.78, 5) is 0. The molecule has 1 rings (SSSR count). The van der Waals surface area contributed by atoms with E-state index >= 15 is 0 Å². The fourth-order valence-corrected chi connectivity index (χ4v) is 2.51. The van der Waals surface area contributed by atoms with E-state index in [2.05, 4.69) is 47.3 Å². The summed E-state index contributed by atoms with van der Waals surface area (Å²) in [5.41, 5.74) is 0.958. The van der Waals surface area contributed by atoms with Gasteiger partial charge in [0.1, 0.15) is 11.9 Å². The first-order valence-corrected chi connectivity index (χ1v) is 10.4. The van der Waals surface area contributed by atoms with Gasteiger partial charge < -0.3 is 4.74 Å². The zero-order valence-corrected chi connectivity index (χ0v) is 14.1. The molecule has 0 aliphatic carbocycles. The Balaban J connectivity index is 2.41. The summed E-state index contributed by atoms with van der Waals surface area (Å²) in [5.74, 6) is 0. The topological polar surface area (TPSA) is 27.1 Å². The van der Waals surface area contributed by atoms with E-state index < -0.39 is 8.07 Å². The molecule has 1 aromatic heterocycles. The second-order valence-electron chi connectivity index (χ2n) is 5.04. The maximum atomic E-state index is 6.10. The molecular formula is C10H18ClIN2OSi. The molecule has 16 heavy (non-hydrogen) atoms. The number of rotatable bonds is 5. The first-order chi connectivity index (χ1) is 7.31. The predicted octanol–water partition coefficient (Wildman–Crippen LogP) is 3.76. The van der Waals surface area contributed by atoms with Crippen molar-refractivity contribution in [3.8, 4) is 0 Å². The number of halogens is 2. The van der Waals surface area contributed by atoms with E-state index in [1.54, 1.807) is 4.68 Å². The highest BCUT2D eigenvalue weighted by Crippen LogP contribution is 2.21. The van der Waals surface area contributed by atoms with Crippen LogP contribution in [0.5, 0.6) is 0 Å². The smallest absolute Gasteiger partial charge is 0.143 e. The van der Waals surface area contributed by atoms with E-state index in [1.165, 1.54) is 6.04 Å². The normalized spacial score (nSPS) is 12.1. The first-order valence-electron chi connectivity index (χ1n) is 5.27. The Labute approximate surface area is 117 Å². The zero-order chi connectivity index (χ0) is 12.3. The van der Waals surface area contributed by atoms with Gasteiger partial charge >= 0.3 is 0 Å². The minimum Gasteiger partial charge on any atom is -0.359 e. The molecule has 0 saturated carbocycles. The van der Waals surface area contributed by atoms with Gasteiger partial charge in [-0.3, -0.25) is 0 Å². The van der Waals surface area contributed by atoms with Crippen molar-refractivity contribution in [2.24, 2.45) is 0 Å². The van der Waals surface area contributed by atoms with Crippen LogP contribution in [0.3, 0.4) is 0 Å². The second kappa shape index (κ2) is 5.84. The van der Waals surface area contributed by atoms with E-state index in [-0.39, 0.29) is 0 Å². The van der Waals surface area contributed by atoms with Gasteiger partial charge in [0.25, 0.3) is 0 Å². The van der Waals surface area contributed by atoms with Crippen molar-refractivity contribution >= 4 is 42.3 Å². The lowest BCUT2D eigenvalue weighted by molar-refractivity contribution is 0.0785. The highest BCUT2D eigenvalue weighted by atomic mass is 127. The predicted molar refractivity (Wildman–Crippen MR) is 78.8 cm³/mol. The van der Waals surface area contributed by atoms with Gasteiger partial charge in [0.15, 0.2) is 0 Å². The minimum atomic E-state index is -1.00. The Morgan fingerprint density at radius 3 is 2.50 bits per heavy atom. The molecule has 0 aliphatic rings. The molecule has 0 bridgehead atoms. The molecule has 0 spiro atoms. The molecule has 0 saturated heterocycles. The summed E-state index contributed by atoms with van der Waals surface area (Å²) in [6.45, 7) is 10.2. The van der Waals surface area contributed by atoms with Gasteiger partial charge in [-0.2, -0.15) is 5.10 Å². The van der Waals surface area contributed by atoms with Crippen LogP contribution in [0.25, 0.3) is 0 Å². The van der Waals surface area contributed by atoms with Crippen molar-refractivity contribution in [1.29, 1.82) is 0 Å². The van der Waals surface area contributed by atoms with Crippen molar-refractivity contribution < 1.29 is 4.74 Å². The molecular weight excluding hydrogens is 355 g/mol. The number of aryl methyl sites for hydroxylation is 1. The van der Waals surface area contributed by atoms with Gasteiger partial charge in [0, 0.05) is 14.7 Å². The fourth-order valence-electron chi connectivity index (χ4n) is 1.15. The van der Waals surface area contributed by atoms with Crippen LogP contribution in [0.4, 0.5) is 0 Å². The number of aromatic nitrogens is 2. The van der Waals surface area contributed by atoms with Crippen LogP contribution in [-0.2, 0) is 11.5 Å². The van der Waals surface area contributed by atoms with Gasteiger partial charge in [0.05, 0.1) is 9.26 Å². The summed E-state index contributed by atoms with van der Waals surface area (Å²) >= 11 is 8.30. The number of hydrogen-bond donors (Lipinski definition) is 0. The lowest BCUT2D eigenvalue weighted by Gasteiger charge is -2.15. The Hall–Kier alpha value is 0.407. The van der Waals surface area contributed by atoms with Crippen molar-refractivity contribution in [3.63, 3.8) is 0 Å². The molecule has 1 heterocycles. The lowest BCUT2D eigenvalue weighted by atomic mass is 10.5. The molecule has 0 amide bonds. The number of nitrogens with zero attached hydrogens (tertiary/aromatic N) is 2. The third-order valence-electron chi connectivity index (χ3n) is 2.21. The maximum absolute atomic E-state index is 6.10. The first kappa shape index (κ1) is 14.5. The van der Waals surface area contributed by atoms with Crippen LogP contribution >= 0.6 is 34.2 Å². The standard InChI is InChI=1S/C10H18ClIN2OSi/c1-8-9(12)10(11)14(13-8)7-15-5-6-16(2,3)4/h5-7H2,1-4H3. The van der Waals surface area contributed by atoms with Crippen LogP contribution in [-0.4, -0.2) is 24.5 Å². The summed E-state index contributed by atoms with van der Waals surface area (Å²) in [6.07, 6.45) is 0. The van der Waals surface area contributed by atoms with E-state index in [0.29, 0.717) is 11.9 Å². The average Bonchev–Trinajstić information content (AvgIpc) is 2.40. The maximum Gasteiger partial charge on any atom is 0.143 e. The summed E-state index contributed by atoms with van der Waals surface area (Å²) in [6, 6.07) is 1.17. The van der Waals surface area contributed by atoms with Crippen LogP contribution in [0, 0.1) is 10.5 Å². The molecule has 92 valence electrons. The molecule has 0 atom stereocenters. The summed E-state index contributed by atoms with van der Waals surface area (Å²) in [5, 5.41) is 4.98. The molecule has 0 N–H and O–H groups in total. The minimum absolute atomic E-state index is 0.452. The van der Waals surface area contributed by atoms with E-state index in [9.17, 15) is 0 Å². The summed E-state index contributed by atoms with van der Waals surface area (Å²) < 4.78 is 8.31. The Morgan fingerprint density at radius 1 is 1.44 bits per heavy atom. The molecule has 0 unspecified atom stereocenters. The quantitative estimate of drug-likeness (QED) is 0.447. The van der Waals surface area contributed by atoms with Gasteiger partial charge in [-0.1, -0.05) is 31.2 Å². The Bertz CT molecular complexity index is 362. The molecule has 0 aliphatic heterocycles. The second-order valence-corrected chi connectivity index (χ2v) is 12.1. The molecule has 1 aromatic rings. The SMILES string of the molecule is Cc1nn(COCC[Si](C)(C)C)c(Cl)c1I. The largest absolute Gasteiger partial charge is 0.359 e. The van der Waals surface area contributed by atoms with Crippen molar-refractivity contribution in [3.05, 3.63) is 14.4 Å². The van der Waals surface area contributed by atoms with Gasteiger partial charge in [-0.25, -0.2) is 4.68 Å². The Morgan fingerprint density at radius 2 is 2.06 bits per heavy atom. The van der Waals surface area contributed by atoms with Crippen molar-refractivity contribution in [1.82, 2.24) is 9.78 Å². The van der Waals surface area contributed by atoms with Crippen molar-refractivity contribution in [2.75, 3.05) is 6.61 Å². The Kier molecular flexibility index (Phi) is 5.28. The van der Waals surface area contributed by atoms with Crippen LogP contribution in [0.15, 0.2) is 0 Å². The van der Waals surface area contributed by atoms with Gasteiger partial charge in [-0.15, -0.1) is 0 Å². The highest BCUT2D eigenvalue weighted by Gasteiger charge is 2.13. The zero-order valence-electron chi connectivity index (χ0n) is 10.2. The average molecular weight is 373 g/mol. The highest BCUT2D eigenvalue weighted by molar-refractivity contribution is 14.1. The monoisotopic (exact) mass is 372 g/mol. The number of ether oxygens (including phenoxy) is 1. The van der Waals surface area contributed by atoms with E-state index in [0.717, 1.165) is 15.9 Å². The van der Waals surface area contributed by atoms with Crippen LogP contribution in [0.1, 0.15) is 5.69 Å². The molecule has 0 radical (unpaired) electrons. The fraction of sp³-hybridized carbons (Fsp3) is 0.700. The number of hydrogen-bond acceptors (Lipinski definition) is 2. The third-order valence-corrected chi connectivity index (χ3v) is 5.90. The van der Waals surface area contributed by atoms with Gasteiger partial charge in [0.2, 0.25) is 0 Å². The van der Waals surface area contributed by atoms with Crippen molar-refractivity contribution in [2.45, 2.75) is 39.3 Å². The molecule has 3 nitrogen and oxygen atoms in total. The van der Waals surface area contributed by atoms with E-state index in [4.69, 9.17) is 16.3 Å². The van der Waals surface area contributed by atoms with Crippen LogP contribution < -0.4 is 0 Å². The molecule has 6 heteroatoms. The lowest BCUT2D eigenvalue weighted by Crippen LogP contribution is -2.22. The summed E-state index contributed by atoms with van der Waals surface area (Å²) in [7, 11) is -1.00. The van der Waals surface area contributed by atoms with E-state index in [1.807, 2.05) is 6.92 Å². The van der Waals surface area contributed by atoms with Crippen LogP contribution in [0.2, 0.25) is 30.8 Å². The van der Waals surface area contributed by atoms with Gasteiger partial charge in [-0.05, 0) is 35.6 Å². The molecule has 0 fully saturated rings. The molecule has 0 aromatic carbocycles. The third kappa shape index (κ3) is 4.35.